The van der Waals surface area contributed by atoms with Gasteiger partial charge in [-0.25, -0.2) is 0 Å². The average Bonchev–Trinajstić information content (AvgIpc) is 2.44. The monoisotopic (exact) mass is 280 g/mol. The number of allylic oxidation sites excluding steroid dienone is 3. The summed E-state index contributed by atoms with van der Waals surface area (Å²) in [5.41, 5.74) is 2.75. The lowest BCUT2D eigenvalue weighted by Gasteiger charge is -2.34. The van der Waals surface area contributed by atoms with Crippen molar-refractivity contribution < 1.29 is 0 Å². The van der Waals surface area contributed by atoms with Gasteiger partial charge in [0.1, 0.15) is 0 Å². The Bertz CT molecular complexity index is 668. The minimum Gasteiger partial charge on any atom is -0.344 e. The van der Waals surface area contributed by atoms with Gasteiger partial charge in [-0.2, -0.15) is 0 Å². The molecule has 0 bridgehead atoms. The molecule has 21 heavy (non-hydrogen) atoms. The number of benzene rings is 2. The normalized spacial score (nSPS) is 13.9. The minimum atomic E-state index is 0. The summed E-state index contributed by atoms with van der Waals surface area (Å²) in [5, 5.41) is 2.70. The molecule has 0 atom stereocenters. The van der Waals surface area contributed by atoms with Gasteiger partial charge in [0.25, 0.3) is 0 Å². The Morgan fingerprint density at radius 3 is 2.14 bits per heavy atom. The molecule has 0 heterocycles. The van der Waals surface area contributed by atoms with Gasteiger partial charge in [0.15, 0.2) is 0 Å². The second-order valence-electron chi connectivity index (χ2n) is 5.23. The summed E-state index contributed by atoms with van der Waals surface area (Å²) < 4.78 is 0. The molecule has 1 aliphatic carbocycles. The SMILES string of the molecule is C=CCC1(CC=C)C=Cc2cccc3cccc1c23.N.N. The first-order valence-corrected chi connectivity index (χ1v) is 6.74. The van der Waals surface area contributed by atoms with Crippen molar-refractivity contribution in [2.45, 2.75) is 18.3 Å². The smallest absolute Gasteiger partial charge is 0.0210 e. The first kappa shape index (κ1) is 16.9. The van der Waals surface area contributed by atoms with Crippen LogP contribution in [0.1, 0.15) is 24.0 Å². The van der Waals surface area contributed by atoms with Gasteiger partial charge >= 0.3 is 0 Å². The predicted molar refractivity (Wildman–Crippen MR) is 94.3 cm³/mol. The minimum absolute atomic E-state index is 0. The summed E-state index contributed by atoms with van der Waals surface area (Å²) in [6.45, 7) is 7.87. The highest BCUT2D eigenvalue weighted by molar-refractivity contribution is 5.96. The molecule has 2 nitrogen and oxygen atoms in total. The van der Waals surface area contributed by atoms with Crippen molar-refractivity contribution in [3.63, 3.8) is 0 Å². The molecule has 0 aliphatic heterocycles. The standard InChI is InChI=1S/C19H18.2H3N/c1-3-12-19(13-4-2)14-11-16-8-5-7-15-9-6-10-17(19)18(15)16;;/h3-11,14H,1-2,12-13H2;2*1H3. The molecule has 3 rings (SSSR count). The zero-order valence-electron chi connectivity index (χ0n) is 12.5. The molecular formula is C19H24N2. The predicted octanol–water partition coefficient (Wildman–Crippen LogP) is 5.58. The second-order valence-corrected chi connectivity index (χ2v) is 5.23. The molecular weight excluding hydrogens is 256 g/mol. The molecule has 0 fully saturated rings. The molecule has 2 aromatic carbocycles. The van der Waals surface area contributed by atoms with Crippen LogP contribution in [0.15, 0.2) is 67.8 Å². The third kappa shape index (κ3) is 2.56. The molecule has 0 unspecified atom stereocenters. The topological polar surface area (TPSA) is 70.0 Å². The Morgan fingerprint density at radius 2 is 1.52 bits per heavy atom. The molecule has 110 valence electrons. The molecule has 0 amide bonds. The molecule has 0 radical (unpaired) electrons. The number of rotatable bonds is 4. The third-order valence-corrected chi connectivity index (χ3v) is 4.07. The summed E-state index contributed by atoms with van der Waals surface area (Å²) in [4.78, 5) is 0. The Kier molecular flexibility index (Phi) is 5.25. The lowest BCUT2D eigenvalue weighted by Crippen LogP contribution is -2.24. The van der Waals surface area contributed by atoms with Gasteiger partial charge in [-0.05, 0) is 34.7 Å². The van der Waals surface area contributed by atoms with Crippen LogP contribution in [0.2, 0.25) is 0 Å². The van der Waals surface area contributed by atoms with Crippen molar-refractivity contribution >= 4 is 16.8 Å². The van der Waals surface area contributed by atoms with Crippen LogP contribution in [0.25, 0.3) is 16.8 Å². The van der Waals surface area contributed by atoms with Crippen LogP contribution in [-0.4, -0.2) is 0 Å². The second kappa shape index (κ2) is 6.53. The van der Waals surface area contributed by atoms with E-state index in [-0.39, 0.29) is 17.7 Å². The van der Waals surface area contributed by atoms with Crippen molar-refractivity contribution in [1.82, 2.24) is 12.3 Å². The number of hydrogen-bond acceptors (Lipinski definition) is 2. The summed E-state index contributed by atoms with van der Waals surface area (Å²) >= 11 is 0. The Morgan fingerprint density at radius 1 is 0.905 bits per heavy atom. The van der Waals surface area contributed by atoms with Crippen LogP contribution in [0.4, 0.5) is 0 Å². The summed E-state index contributed by atoms with van der Waals surface area (Å²) in [6.07, 6.45) is 10.5. The van der Waals surface area contributed by atoms with Crippen LogP contribution < -0.4 is 12.3 Å². The highest BCUT2D eigenvalue weighted by Crippen LogP contribution is 2.43. The van der Waals surface area contributed by atoms with Gasteiger partial charge in [-0.15, -0.1) is 13.2 Å². The van der Waals surface area contributed by atoms with Gasteiger partial charge in [-0.1, -0.05) is 60.7 Å². The first-order valence-electron chi connectivity index (χ1n) is 6.74. The third-order valence-electron chi connectivity index (χ3n) is 4.07. The lowest BCUT2D eigenvalue weighted by molar-refractivity contribution is 0.556. The summed E-state index contributed by atoms with van der Waals surface area (Å²) in [5.74, 6) is 0. The molecule has 0 aromatic heterocycles. The van der Waals surface area contributed by atoms with Crippen LogP contribution in [0.3, 0.4) is 0 Å². The zero-order valence-corrected chi connectivity index (χ0v) is 12.5. The highest BCUT2D eigenvalue weighted by atomic mass is 14.3. The van der Waals surface area contributed by atoms with Gasteiger partial charge in [0.05, 0.1) is 0 Å². The fourth-order valence-corrected chi connectivity index (χ4v) is 3.22. The van der Waals surface area contributed by atoms with E-state index >= 15 is 0 Å². The van der Waals surface area contributed by atoms with Crippen LogP contribution in [0.5, 0.6) is 0 Å². The van der Waals surface area contributed by atoms with E-state index in [1.54, 1.807) is 0 Å². The first-order chi connectivity index (χ1) is 9.30. The average molecular weight is 280 g/mol. The van der Waals surface area contributed by atoms with E-state index < -0.39 is 0 Å². The van der Waals surface area contributed by atoms with E-state index in [4.69, 9.17) is 0 Å². The molecule has 6 N–H and O–H groups in total. The van der Waals surface area contributed by atoms with Gasteiger partial charge < -0.3 is 12.3 Å². The van der Waals surface area contributed by atoms with E-state index in [9.17, 15) is 0 Å². The maximum absolute atomic E-state index is 3.93. The van der Waals surface area contributed by atoms with E-state index in [0.717, 1.165) is 12.8 Å². The molecule has 1 aliphatic rings. The van der Waals surface area contributed by atoms with Crippen molar-refractivity contribution in [3.05, 3.63) is 78.9 Å². The maximum atomic E-state index is 3.93. The largest absolute Gasteiger partial charge is 0.344 e. The molecule has 2 aromatic rings. The molecule has 0 spiro atoms. The van der Waals surface area contributed by atoms with Gasteiger partial charge in [-0.3, -0.25) is 0 Å². The Labute approximate surface area is 127 Å². The molecule has 2 heteroatoms. The van der Waals surface area contributed by atoms with Crippen molar-refractivity contribution in [3.8, 4) is 0 Å². The van der Waals surface area contributed by atoms with Gasteiger partial charge in [0, 0.05) is 5.41 Å². The quantitative estimate of drug-likeness (QED) is 0.717. The Hall–Kier alpha value is -2.16. The van der Waals surface area contributed by atoms with E-state index in [1.807, 2.05) is 12.2 Å². The fraction of sp³-hybridized carbons (Fsp3) is 0.158. The zero-order chi connectivity index (χ0) is 13.3. The van der Waals surface area contributed by atoms with Gasteiger partial charge in [0.2, 0.25) is 0 Å². The number of hydrogen-bond donors (Lipinski definition) is 2. The van der Waals surface area contributed by atoms with Crippen LogP contribution in [-0.2, 0) is 5.41 Å². The fourth-order valence-electron chi connectivity index (χ4n) is 3.22. The Balaban J connectivity index is 0.00000110. The molecule has 0 saturated heterocycles. The summed E-state index contributed by atoms with van der Waals surface area (Å²) in [6, 6.07) is 13.1. The molecule has 0 saturated carbocycles. The lowest BCUT2D eigenvalue weighted by atomic mass is 9.70. The highest BCUT2D eigenvalue weighted by Gasteiger charge is 2.31. The van der Waals surface area contributed by atoms with E-state index in [0.29, 0.717) is 0 Å². The van der Waals surface area contributed by atoms with Crippen molar-refractivity contribution in [2.75, 3.05) is 0 Å². The van der Waals surface area contributed by atoms with Crippen molar-refractivity contribution in [2.24, 2.45) is 0 Å². The van der Waals surface area contributed by atoms with Crippen LogP contribution in [0, 0.1) is 0 Å². The van der Waals surface area contributed by atoms with Crippen LogP contribution >= 0.6 is 0 Å². The van der Waals surface area contributed by atoms with E-state index in [2.05, 4.69) is 61.7 Å². The summed E-state index contributed by atoms with van der Waals surface area (Å²) in [7, 11) is 0. The maximum Gasteiger partial charge on any atom is 0.0210 e. The van der Waals surface area contributed by atoms with Crippen molar-refractivity contribution in [1.29, 1.82) is 0 Å². The van der Waals surface area contributed by atoms with E-state index in [1.165, 1.54) is 21.9 Å².